The molecule has 1 fully saturated rings. The summed E-state index contributed by atoms with van der Waals surface area (Å²) in [6.45, 7) is 4.16. The molecule has 1 amide bonds. The number of amides is 1. The van der Waals surface area contributed by atoms with Gasteiger partial charge in [0.1, 0.15) is 18.1 Å². The largest absolute Gasteiger partial charge is 0.484 e. The molecule has 0 spiro atoms. The Labute approximate surface area is 165 Å². The minimum atomic E-state index is -0.0550. The maximum atomic E-state index is 11.7. The number of rotatable bonds is 10. The van der Waals surface area contributed by atoms with E-state index in [1.54, 1.807) is 6.26 Å². The molecule has 0 atom stereocenters. The van der Waals surface area contributed by atoms with Crippen molar-refractivity contribution in [1.82, 2.24) is 16.0 Å². The standard InChI is InChI=1S/C21H28N4O3/c1-2-22-21(24-14-19-4-3-13-27-19)23-12-11-16-5-9-18(10-6-16)28-15-20(26)25-17-7-8-17/h3-6,9-10,13,17H,2,7-8,11-12,14-15H2,1H3,(H,25,26)(H2,22,23,24). The van der Waals surface area contributed by atoms with E-state index in [0.717, 1.165) is 44.1 Å². The van der Waals surface area contributed by atoms with Gasteiger partial charge in [-0.2, -0.15) is 0 Å². The third-order valence-electron chi connectivity index (χ3n) is 4.26. The molecule has 1 heterocycles. The highest BCUT2D eigenvalue weighted by molar-refractivity contribution is 5.79. The number of hydrogen-bond acceptors (Lipinski definition) is 4. The van der Waals surface area contributed by atoms with E-state index >= 15 is 0 Å². The summed E-state index contributed by atoms with van der Waals surface area (Å²) in [5.74, 6) is 2.25. The summed E-state index contributed by atoms with van der Waals surface area (Å²) in [5.41, 5.74) is 1.18. The fourth-order valence-corrected chi connectivity index (χ4v) is 2.62. The van der Waals surface area contributed by atoms with Crippen molar-refractivity contribution < 1.29 is 13.9 Å². The van der Waals surface area contributed by atoms with E-state index in [4.69, 9.17) is 9.15 Å². The van der Waals surface area contributed by atoms with Gasteiger partial charge in [-0.25, -0.2) is 4.99 Å². The number of carbonyl (C=O) groups is 1. The second kappa shape index (κ2) is 10.4. The van der Waals surface area contributed by atoms with Crippen molar-refractivity contribution in [1.29, 1.82) is 0 Å². The lowest BCUT2D eigenvalue weighted by molar-refractivity contribution is -0.123. The van der Waals surface area contributed by atoms with Crippen LogP contribution in [0.1, 0.15) is 31.1 Å². The lowest BCUT2D eigenvalue weighted by Gasteiger charge is -2.11. The summed E-state index contributed by atoms with van der Waals surface area (Å²) < 4.78 is 10.8. The first-order valence-electron chi connectivity index (χ1n) is 9.78. The van der Waals surface area contributed by atoms with Gasteiger partial charge < -0.3 is 25.1 Å². The van der Waals surface area contributed by atoms with Gasteiger partial charge >= 0.3 is 0 Å². The second-order valence-corrected chi connectivity index (χ2v) is 6.73. The average Bonchev–Trinajstić information content (AvgIpc) is 3.36. The van der Waals surface area contributed by atoms with Gasteiger partial charge in [0.05, 0.1) is 6.26 Å². The molecule has 0 saturated heterocycles. The summed E-state index contributed by atoms with van der Waals surface area (Å²) in [6.07, 6.45) is 4.67. The van der Waals surface area contributed by atoms with E-state index in [9.17, 15) is 4.79 Å². The van der Waals surface area contributed by atoms with Crippen LogP contribution in [0.15, 0.2) is 52.1 Å². The molecule has 0 radical (unpaired) electrons. The minimum Gasteiger partial charge on any atom is -0.484 e. The number of nitrogens with zero attached hydrogens (tertiary/aromatic N) is 1. The monoisotopic (exact) mass is 384 g/mol. The van der Waals surface area contributed by atoms with Crippen LogP contribution in [0.5, 0.6) is 5.75 Å². The van der Waals surface area contributed by atoms with Crippen LogP contribution < -0.4 is 20.7 Å². The number of hydrogen-bond donors (Lipinski definition) is 3. The molecule has 150 valence electrons. The zero-order valence-electron chi connectivity index (χ0n) is 16.2. The number of nitrogens with one attached hydrogen (secondary N) is 3. The molecule has 0 bridgehead atoms. The lowest BCUT2D eigenvalue weighted by atomic mass is 10.1. The lowest BCUT2D eigenvalue weighted by Crippen LogP contribution is -2.38. The number of ether oxygens (including phenoxy) is 1. The molecule has 2 aromatic rings. The van der Waals surface area contributed by atoms with E-state index in [1.807, 2.05) is 43.3 Å². The smallest absolute Gasteiger partial charge is 0.258 e. The van der Waals surface area contributed by atoms with E-state index in [0.29, 0.717) is 18.3 Å². The van der Waals surface area contributed by atoms with Crippen molar-refractivity contribution in [3.63, 3.8) is 0 Å². The molecule has 1 saturated carbocycles. The Hall–Kier alpha value is -2.96. The van der Waals surface area contributed by atoms with Crippen molar-refractivity contribution in [2.24, 2.45) is 4.99 Å². The third-order valence-corrected chi connectivity index (χ3v) is 4.26. The van der Waals surface area contributed by atoms with E-state index in [-0.39, 0.29) is 12.5 Å². The van der Waals surface area contributed by atoms with Crippen molar-refractivity contribution in [2.45, 2.75) is 38.8 Å². The first kappa shape index (κ1) is 19.8. The van der Waals surface area contributed by atoms with Crippen molar-refractivity contribution >= 4 is 11.9 Å². The minimum absolute atomic E-state index is 0.0550. The van der Waals surface area contributed by atoms with E-state index in [1.165, 1.54) is 5.56 Å². The van der Waals surface area contributed by atoms with Crippen LogP contribution >= 0.6 is 0 Å². The van der Waals surface area contributed by atoms with Gasteiger partial charge in [0.15, 0.2) is 12.6 Å². The summed E-state index contributed by atoms with van der Waals surface area (Å²) in [6, 6.07) is 12.0. The molecule has 0 unspecified atom stereocenters. The molecule has 1 aliphatic carbocycles. The molecule has 1 aromatic heterocycles. The highest BCUT2D eigenvalue weighted by Gasteiger charge is 2.23. The Kier molecular flexibility index (Phi) is 7.35. The summed E-state index contributed by atoms with van der Waals surface area (Å²) in [7, 11) is 0. The van der Waals surface area contributed by atoms with E-state index < -0.39 is 0 Å². The Morgan fingerprint density at radius 2 is 2.04 bits per heavy atom. The fourth-order valence-electron chi connectivity index (χ4n) is 2.62. The van der Waals surface area contributed by atoms with Gasteiger partial charge in [-0.05, 0) is 56.0 Å². The highest BCUT2D eigenvalue weighted by atomic mass is 16.5. The van der Waals surface area contributed by atoms with E-state index in [2.05, 4.69) is 20.9 Å². The second-order valence-electron chi connectivity index (χ2n) is 6.73. The van der Waals surface area contributed by atoms with Crippen LogP contribution in [-0.4, -0.2) is 37.6 Å². The van der Waals surface area contributed by atoms with Crippen LogP contribution in [0.2, 0.25) is 0 Å². The molecular formula is C21H28N4O3. The molecule has 7 heteroatoms. The summed E-state index contributed by atoms with van der Waals surface area (Å²) >= 11 is 0. The Morgan fingerprint density at radius 1 is 1.21 bits per heavy atom. The Bertz CT molecular complexity index is 752. The van der Waals surface area contributed by atoms with Crippen LogP contribution in [0.3, 0.4) is 0 Å². The van der Waals surface area contributed by atoms with Gasteiger partial charge in [-0.15, -0.1) is 0 Å². The summed E-state index contributed by atoms with van der Waals surface area (Å²) in [4.78, 5) is 16.2. The zero-order valence-corrected chi connectivity index (χ0v) is 16.2. The van der Waals surface area contributed by atoms with Gasteiger partial charge in [0.2, 0.25) is 0 Å². The number of guanidine groups is 1. The normalized spacial score (nSPS) is 13.8. The average molecular weight is 384 g/mol. The molecule has 3 N–H and O–H groups in total. The van der Waals surface area contributed by atoms with Crippen molar-refractivity contribution in [2.75, 3.05) is 19.7 Å². The molecule has 1 aliphatic rings. The van der Waals surface area contributed by atoms with Gasteiger partial charge in [-0.3, -0.25) is 4.79 Å². The summed E-state index contributed by atoms with van der Waals surface area (Å²) in [5, 5.41) is 9.46. The topological polar surface area (TPSA) is 87.9 Å². The Balaban J connectivity index is 1.39. The van der Waals surface area contributed by atoms with Gasteiger partial charge in [-0.1, -0.05) is 12.1 Å². The van der Waals surface area contributed by atoms with Crippen molar-refractivity contribution in [3.05, 3.63) is 54.0 Å². The van der Waals surface area contributed by atoms with Crippen LogP contribution in [0.25, 0.3) is 0 Å². The number of carbonyl (C=O) groups excluding carboxylic acids is 1. The zero-order chi connectivity index (χ0) is 19.6. The highest BCUT2D eigenvalue weighted by Crippen LogP contribution is 2.18. The van der Waals surface area contributed by atoms with Crippen LogP contribution in [0.4, 0.5) is 0 Å². The van der Waals surface area contributed by atoms with Gasteiger partial charge in [0, 0.05) is 19.1 Å². The molecule has 7 nitrogen and oxygen atoms in total. The Morgan fingerprint density at radius 3 is 2.71 bits per heavy atom. The maximum Gasteiger partial charge on any atom is 0.258 e. The first-order chi connectivity index (χ1) is 13.7. The molecule has 3 rings (SSSR count). The number of aliphatic imine (C=N–C) groups is 1. The van der Waals surface area contributed by atoms with Crippen LogP contribution in [0, 0.1) is 0 Å². The molecule has 1 aromatic carbocycles. The number of benzene rings is 1. The first-order valence-corrected chi connectivity index (χ1v) is 9.78. The number of furan rings is 1. The molecular weight excluding hydrogens is 356 g/mol. The SMILES string of the molecule is CCNC(=NCc1ccco1)NCCc1ccc(OCC(=O)NC2CC2)cc1. The quantitative estimate of drug-likeness (QED) is 0.432. The van der Waals surface area contributed by atoms with Crippen molar-refractivity contribution in [3.8, 4) is 5.75 Å². The fraction of sp³-hybridized carbons (Fsp3) is 0.429. The molecule has 28 heavy (non-hydrogen) atoms. The predicted octanol–water partition coefficient (Wildman–Crippen LogP) is 2.23. The third kappa shape index (κ3) is 6.98. The molecule has 0 aliphatic heterocycles. The van der Waals surface area contributed by atoms with Crippen LogP contribution in [-0.2, 0) is 17.8 Å². The predicted molar refractivity (Wildman–Crippen MR) is 108 cm³/mol. The van der Waals surface area contributed by atoms with Gasteiger partial charge in [0.25, 0.3) is 5.91 Å². The maximum absolute atomic E-state index is 11.7.